The van der Waals surface area contributed by atoms with E-state index in [1.165, 1.54) is 12.1 Å². The first-order valence-corrected chi connectivity index (χ1v) is 6.61. The Morgan fingerprint density at radius 1 is 1.37 bits per heavy atom. The minimum atomic E-state index is -0.578. The van der Waals surface area contributed by atoms with Crippen molar-refractivity contribution >= 4 is 0 Å². The molecular formula is C15H18F2N2. The highest BCUT2D eigenvalue weighted by molar-refractivity contribution is 5.26. The Kier molecular flexibility index (Phi) is 4.16. The van der Waals surface area contributed by atoms with E-state index < -0.39 is 11.6 Å². The number of likely N-dealkylation sites (tertiary alicyclic amines) is 1. The maximum absolute atomic E-state index is 13.9. The Bertz CT molecular complexity index is 493. The van der Waals surface area contributed by atoms with Crippen LogP contribution in [-0.4, -0.2) is 24.0 Å². The molecule has 0 N–H and O–H groups in total. The minimum Gasteiger partial charge on any atom is -0.300 e. The van der Waals surface area contributed by atoms with E-state index in [9.17, 15) is 14.0 Å². The van der Waals surface area contributed by atoms with E-state index in [1.54, 1.807) is 0 Å². The Labute approximate surface area is 112 Å². The lowest BCUT2D eigenvalue weighted by Gasteiger charge is -2.38. The van der Waals surface area contributed by atoms with Gasteiger partial charge in [-0.2, -0.15) is 5.26 Å². The third kappa shape index (κ3) is 2.93. The van der Waals surface area contributed by atoms with Crippen LogP contribution in [0.1, 0.15) is 31.7 Å². The predicted molar refractivity (Wildman–Crippen MR) is 69.5 cm³/mol. The molecule has 1 aliphatic rings. The first-order valence-electron chi connectivity index (χ1n) is 6.61. The fraction of sp³-hybridized carbons (Fsp3) is 0.533. The van der Waals surface area contributed by atoms with Crippen LogP contribution in [0.3, 0.4) is 0 Å². The van der Waals surface area contributed by atoms with Crippen LogP contribution in [0.25, 0.3) is 0 Å². The van der Waals surface area contributed by atoms with Crippen LogP contribution in [0.4, 0.5) is 8.78 Å². The first-order chi connectivity index (χ1) is 9.02. The maximum atomic E-state index is 13.9. The third-order valence-electron chi connectivity index (χ3n) is 3.90. The molecule has 19 heavy (non-hydrogen) atoms. The van der Waals surface area contributed by atoms with Gasteiger partial charge in [0, 0.05) is 24.6 Å². The second-order valence-corrected chi connectivity index (χ2v) is 5.39. The van der Waals surface area contributed by atoms with Crippen molar-refractivity contribution in [3.05, 3.63) is 35.4 Å². The highest BCUT2D eigenvalue weighted by Crippen LogP contribution is 2.34. The Hall–Kier alpha value is -1.47. The van der Waals surface area contributed by atoms with Crippen LogP contribution in [0.15, 0.2) is 18.2 Å². The van der Waals surface area contributed by atoms with Gasteiger partial charge in [0.1, 0.15) is 11.6 Å². The highest BCUT2D eigenvalue weighted by Gasteiger charge is 2.32. The van der Waals surface area contributed by atoms with Crippen LogP contribution in [0, 0.1) is 28.9 Å². The van der Waals surface area contributed by atoms with Crippen molar-refractivity contribution in [3.8, 4) is 6.07 Å². The van der Waals surface area contributed by atoms with Crippen LogP contribution < -0.4 is 0 Å². The lowest BCUT2D eigenvalue weighted by atomic mass is 9.81. The molecule has 1 heterocycles. The number of nitrogens with zero attached hydrogens (tertiary/aromatic N) is 2. The topological polar surface area (TPSA) is 27.0 Å². The quantitative estimate of drug-likeness (QED) is 0.819. The summed E-state index contributed by atoms with van der Waals surface area (Å²) in [4.78, 5) is 2.24. The van der Waals surface area contributed by atoms with Gasteiger partial charge in [0.25, 0.3) is 0 Å². The van der Waals surface area contributed by atoms with E-state index in [0.717, 1.165) is 19.0 Å². The van der Waals surface area contributed by atoms with Crippen molar-refractivity contribution in [2.75, 3.05) is 13.1 Å². The summed E-state index contributed by atoms with van der Waals surface area (Å²) in [5.74, 6) is -1.50. The van der Waals surface area contributed by atoms with Crippen LogP contribution in [0.5, 0.6) is 0 Å². The summed E-state index contributed by atoms with van der Waals surface area (Å²) in [6.07, 6.45) is 0.732. The fourth-order valence-electron chi connectivity index (χ4n) is 2.72. The Morgan fingerprint density at radius 2 is 2.11 bits per heavy atom. The van der Waals surface area contributed by atoms with E-state index >= 15 is 0 Å². The number of benzene rings is 1. The molecule has 2 rings (SSSR count). The molecule has 0 bridgehead atoms. The number of rotatable bonds is 2. The zero-order chi connectivity index (χ0) is 14.0. The van der Waals surface area contributed by atoms with E-state index in [-0.39, 0.29) is 11.8 Å². The standard InChI is InChI=1S/C15H18F2N2/c1-10(2)19-6-5-11(8-18)14(9-19)13-4-3-12(16)7-15(13)17/h3-4,7,10-11,14H,5-6,9H2,1-2H3. The molecular weight excluding hydrogens is 246 g/mol. The van der Waals surface area contributed by atoms with E-state index in [0.29, 0.717) is 18.2 Å². The van der Waals surface area contributed by atoms with Gasteiger partial charge in [0.05, 0.1) is 12.0 Å². The summed E-state index contributed by atoms with van der Waals surface area (Å²) >= 11 is 0. The molecule has 1 aromatic carbocycles. The van der Waals surface area contributed by atoms with Crippen molar-refractivity contribution in [3.63, 3.8) is 0 Å². The number of halogens is 2. The van der Waals surface area contributed by atoms with Crippen molar-refractivity contribution in [1.82, 2.24) is 4.90 Å². The zero-order valence-corrected chi connectivity index (χ0v) is 11.2. The van der Waals surface area contributed by atoms with Gasteiger partial charge in [0.2, 0.25) is 0 Å². The summed E-state index contributed by atoms with van der Waals surface area (Å²) in [6.45, 7) is 5.68. The highest BCUT2D eigenvalue weighted by atomic mass is 19.1. The third-order valence-corrected chi connectivity index (χ3v) is 3.90. The normalized spacial score (nSPS) is 24.4. The SMILES string of the molecule is CC(C)N1CCC(C#N)C(c2ccc(F)cc2F)C1. The van der Waals surface area contributed by atoms with Gasteiger partial charge in [-0.3, -0.25) is 0 Å². The van der Waals surface area contributed by atoms with E-state index in [2.05, 4.69) is 24.8 Å². The van der Waals surface area contributed by atoms with Gasteiger partial charge in [-0.25, -0.2) is 8.78 Å². The molecule has 1 aromatic rings. The molecule has 1 aliphatic heterocycles. The molecule has 2 nitrogen and oxygen atoms in total. The number of hydrogen-bond acceptors (Lipinski definition) is 2. The molecule has 2 atom stereocenters. The Morgan fingerprint density at radius 3 is 2.68 bits per heavy atom. The van der Waals surface area contributed by atoms with Gasteiger partial charge in [-0.05, 0) is 38.4 Å². The monoisotopic (exact) mass is 264 g/mol. The van der Waals surface area contributed by atoms with Gasteiger partial charge >= 0.3 is 0 Å². The molecule has 0 aliphatic carbocycles. The molecule has 102 valence electrons. The van der Waals surface area contributed by atoms with Gasteiger partial charge in [-0.1, -0.05) is 6.07 Å². The fourth-order valence-corrected chi connectivity index (χ4v) is 2.72. The second kappa shape index (κ2) is 5.66. The Balaban J connectivity index is 2.30. The average Bonchev–Trinajstić information content (AvgIpc) is 2.38. The number of hydrogen-bond donors (Lipinski definition) is 0. The van der Waals surface area contributed by atoms with Crippen molar-refractivity contribution in [1.29, 1.82) is 5.26 Å². The van der Waals surface area contributed by atoms with Crippen molar-refractivity contribution < 1.29 is 8.78 Å². The van der Waals surface area contributed by atoms with Crippen LogP contribution in [0.2, 0.25) is 0 Å². The van der Waals surface area contributed by atoms with E-state index in [1.807, 2.05) is 0 Å². The molecule has 0 radical (unpaired) electrons. The largest absolute Gasteiger partial charge is 0.300 e. The second-order valence-electron chi connectivity index (χ2n) is 5.39. The van der Waals surface area contributed by atoms with Gasteiger partial charge in [0.15, 0.2) is 0 Å². The summed E-state index contributed by atoms with van der Waals surface area (Å²) in [7, 11) is 0. The smallest absolute Gasteiger partial charge is 0.129 e. The number of nitriles is 1. The molecule has 0 amide bonds. The summed E-state index contributed by atoms with van der Waals surface area (Å²) in [6, 6.07) is 6.27. The summed E-state index contributed by atoms with van der Waals surface area (Å²) in [5, 5.41) is 9.23. The first kappa shape index (κ1) is 14.0. The minimum absolute atomic E-state index is 0.179. The molecule has 0 spiro atoms. The van der Waals surface area contributed by atoms with E-state index in [4.69, 9.17) is 0 Å². The molecule has 1 saturated heterocycles. The predicted octanol–water partition coefficient (Wildman–Crippen LogP) is 3.30. The van der Waals surface area contributed by atoms with Gasteiger partial charge in [-0.15, -0.1) is 0 Å². The average molecular weight is 264 g/mol. The lowest BCUT2D eigenvalue weighted by molar-refractivity contribution is 0.145. The summed E-state index contributed by atoms with van der Waals surface area (Å²) in [5.41, 5.74) is 0.457. The van der Waals surface area contributed by atoms with Crippen LogP contribution in [-0.2, 0) is 0 Å². The molecule has 0 saturated carbocycles. The molecule has 0 aromatic heterocycles. The molecule has 2 unspecified atom stereocenters. The van der Waals surface area contributed by atoms with Gasteiger partial charge < -0.3 is 4.90 Å². The van der Waals surface area contributed by atoms with Crippen molar-refractivity contribution in [2.45, 2.75) is 32.2 Å². The van der Waals surface area contributed by atoms with Crippen LogP contribution >= 0.6 is 0 Å². The molecule has 1 fully saturated rings. The summed E-state index contributed by atoms with van der Waals surface area (Å²) < 4.78 is 26.9. The molecule has 4 heteroatoms. The number of piperidine rings is 1. The zero-order valence-electron chi connectivity index (χ0n) is 11.2. The lowest BCUT2D eigenvalue weighted by Crippen LogP contribution is -2.42. The van der Waals surface area contributed by atoms with Crippen molar-refractivity contribution in [2.24, 2.45) is 5.92 Å². The maximum Gasteiger partial charge on any atom is 0.129 e.